The van der Waals surface area contributed by atoms with Crippen LogP contribution in [0, 0.1) is 5.92 Å². The van der Waals surface area contributed by atoms with Crippen LogP contribution in [0.4, 0.5) is 0 Å². The van der Waals surface area contributed by atoms with Gasteiger partial charge >= 0.3 is 0 Å². The third-order valence-electron chi connectivity index (χ3n) is 5.57. The van der Waals surface area contributed by atoms with Crippen LogP contribution in [0.25, 0.3) is 0 Å². The Labute approximate surface area is 167 Å². The molecule has 2 aliphatic carbocycles. The minimum atomic E-state index is -0.142. The summed E-state index contributed by atoms with van der Waals surface area (Å²) in [5.74, 6) is 0.437. The highest BCUT2D eigenvalue weighted by molar-refractivity contribution is 5.93. The van der Waals surface area contributed by atoms with Gasteiger partial charge in [-0.2, -0.15) is 5.10 Å². The predicted octanol–water partition coefficient (Wildman–Crippen LogP) is 2.52. The number of ether oxygens (including phenoxy) is 1. The Morgan fingerprint density at radius 3 is 2.68 bits per heavy atom. The van der Waals surface area contributed by atoms with E-state index < -0.39 is 0 Å². The summed E-state index contributed by atoms with van der Waals surface area (Å²) in [5, 5.41) is 10.6. The monoisotopic (exact) mass is 390 g/mol. The van der Waals surface area contributed by atoms with E-state index in [4.69, 9.17) is 4.74 Å². The number of aryl methyl sites for hydroxylation is 1. The quantitative estimate of drug-likeness (QED) is 0.714. The van der Waals surface area contributed by atoms with E-state index in [1.807, 2.05) is 27.0 Å². The van der Waals surface area contributed by atoms with Crippen molar-refractivity contribution in [2.75, 3.05) is 6.61 Å². The minimum Gasteiger partial charge on any atom is -0.376 e. The molecule has 2 N–H and O–H groups in total. The average Bonchev–Trinajstić information content (AvgIpc) is 3.42. The first-order valence-corrected chi connectivity index (χ1v) is 10.7. The van der Waals surface area contributed by atoms with Gasteiger partial charge in [-0.15, -0.1) is 0 Å². The lowest BCUT2D eigenvalue weighted by atomic mass is 9.83. The van der Waals surface area contributed by atoms with Gasteiger partial charge in [0.25, 0.3) is 5.91 Å². The molecule has 2 fully saturated rings. The SMILES string of the molecule is CCCO[C@@H]1C[C@@H](C(=O)NC(C)C)CC[C@H]1NC(=O)c1cc(C2CC2)nn1C. The number of aromatic nitrogens is 2. The van der Waals surface area contributed by atoms with E-state index in [-0.39, 0.29) is 35.9 Å². The van der Waals surface area contributed by atoms with Gasteiger partial charge in [-0.3, -0.25) is 14.3 Å². The van der Waals surface area contributed by atoms with E-state index in [9.17, 15) is 9.59 Å². The number of carbonyl (C=O) groups excluding carboxylic acids is 2. The Balaban J connectivity index is 1.64. The Hall–Kier alpha value is -1.89. The number of hydrogen-bond donors (Lipinski definition) is 2. The van der Waals surface area contributed by atoms with Crippen molar-refractivity contribution in [3.05, 3.63) is 17.5 Å². The first kappa shape index (κ1) is 20.8. The zero-order valence-corrected chi connectivity index (χ0v) is 17.5. The number of amides is 2. The summed E-state index contributed by atoms with van der Waals surface area (Å²) >= 11 is 0. The van der Waals surface area contributed by atoms with Crippen molar-refractivity contribution in [1.29, 1.82) is 0 Å². The summed E-state index contributed by atoms with van der Waals surface area (Å²) in [6.45, 7) is 6.64. The molecule has 0 saturated heterocycles. The first-order chi connectivity index (χ1) is 13.4. The molecular formula is C21H34N4O3. The summed E-state index contributed by atoms with van der Waals surface area (Å²) < 4.78 is 7.71. The fourth-order valence-corrected chi connectivity index (χ4v) is 3.91. The second kappa shape index (κ2) is 9.07. The molecule has 3 rings (SSSR count). The van der Waals surface area contributed by atoms with Gasteiger partial charge < -0.3 is 15.4 Å². The second-order valence-corrected chi connectivity index (χ2v) is 8.51. The maximum absolute atomic E-state index is 12.9. The fourth-order valence-electron chi connectivity index (χ4n) is 3.91. The molecule has 2 aliphatic rings. The molecule has 3 atom stereocenters. The number of nitrogens with zero attached hydrogens (tertiary/aromatic N) is 2. The molecule has 0 unspecified atom stereocenters. The molecule has 7 heteroatoms. The molecule has 0 radical (unpaired) electrons. The second-order valence-electron chi connectivity index (χ2n) is 8.51. The number of rotatable bonds is 8. The molecule has 2 saturated carbocycles. The van der Waals surface area contributed by atoms with Crippen LogP contribution in [0.1, 0.15) is 81.4 Å². The van der Waals surface area contributed by atoms with Crippen LogP contribution in [-0.2, 0) is 16.6 Å². The van der Waals surface area contributed by atoms with Crippen LogP contribution in [0.2, 0.25) is 0 Å². The normalized spacial score (nSPS) is 25.0. The molecule has 2 amide bonds. The maximum Gasteiger partial charge on any atom is 0.269 e. The molecule has 0 aromatic carbocycles. The van der Waals surface area contributed by atoms with E-state index in [0.29, 0.717) is 24.6 Å². The molecule has 156 valence electrons. The van der Waals surface area contributed by atoms with Crippen LogP contribution in [-0.4, -0.2) is 46.4 Å². The first-order valence-electron chi connectivity index (χ1n) is 10.7. The van der Waals surface area contributed by atoms with E-state index in [0.717, 1.165) is 37.8 Å². The highest BCUT2D eigenvalue weighted by Crippen LogP contribution is 2.39. The van der Waals surface area contributed by atoms with Crippen molar-refractivity contribution < 1.29 is 14.3 Å². The van der Waals surface area contributed by atoms with Gasteiger partial charge in [0.05, 0.1) is 17.8 Å². The molecule has 28 heavy (non-hydrogen) atoms. The molecule has 1 aromatic heterocycles. The van der Waals surface area contributed by atoms with Crippen LogP contribution in [0.5, 0.6) is 0 Å². The average molecular weight is 391 g/mol. The molecule has 7 nitrogen and oxygen atoms in total. The fraction of sp³-hybridized carbons (Fsp3) is 0.762. The van der Waals surface area contributed by atoms with Crippen LogP contribution < -0.4 is 10.6 Å². The van der Waals surface area contributed by atoms with Crippen LogP contribution in [0.15, 0.2) is 6.07 Å². The maximum atomic E-state index is 12.9. The highest BCUT2D eigenvalue weighted by Gasteiger charge is 2.36. The summed E-state index contributed by atoms with van der Waals surface area (Å²) in [5.41, 5.74) is 1.61. The van der Waals surface area contributed by atoms with Crippen molar-refractivity contribution in [1.82, 2.24) is 20.4 Å². The summed E-state index contributed by atoms with van der Waals surface area (Å²) in [6, 6.07) is 1.96. The van der Waals surface area contributed by atoms with Gasteiger partial charge in [-0.05, 0) is 58.4 Å². The Morgan fingerprint density at radius 1 is 1.29 bits per heavy atom. The molecule has 1 heterocycles. The summed E-state index contributed by atoms with van der Waals surface area (Å²) in [4.78, 5) is 25.3. The van der Waals surface area contributed by atoms with Crippen molar-refractivity contribution in [2.24, 2.45) is 13.0 Å². The Kier molecular flexibility index (Phi) is 6.75. The van der Waals surface area contributed by atoms with E-state index in [1.54, 1.807) is 4.68 Å². The zero-order chi connectivity index (χ0) is 20.3. The lowest BCUT2D eigenvalue weighted by Gasteiger charge is -2.36. The molecule has 0 spiro atoms. The predicted molar refractivity (Wildman–Crippen MR) is 107 cm³/mol. The third kappa shape index (κ3) is 5.13. The van der Waals surface area contributed by atoms with Crippen molar-refractivity contribution in [3.63, 3.8) is 0 Å². The van der Waals surface area contributed by atoms with Crippen molar-refractivity contribution >= 4 is 11.8 Å². The smallest absolute Gasteiger partial charge is 0.269 e. The summed E-state index contributed by atoms with van der Waals surface area (Å²) in [7, 11) is 1.82. The van der Waals surface area contributed by atoms with Gasteiger partial charge in [0.2, 0.25) is 5.91 Å². The standard InChI is InChI=1S/C21H34N4O3/c1-5-10-28-19-11-15(20(26)22-13(2)3)8-9-16(19)23-21(27)18-12-17(14-6-7-14)24-25(18)4/h12-16,19H,5-11H2,1-4H3,(H,22,26)(H,23,27)/t15-,16+,19+/m0/s1. The lowest BCUT2D eigenvalue weighted by Crippen LogP contribution is -2.50. The molecule has 0 bridgehead atoms. The van der Waals surface area contributed by atoms with Crippen molar-refractivity contribution in [3.8, 4) is 0 Å². The Bertz CT molecular complexity index is 696. The van der Waals surface area contributed by atoms with Crippen molar-refractivity contribution in [2.45, 2.75) is 83.4 Å². The largest absolute Gasteiger partial charge is 0.376 e. The third-order valence-corrected chi connectivity index (χ3v) is 5.57. The molecule has 1 aromatic rings. The van der Waals surface area contributed by atoms with Gasteiger partial charge in [0, 0.05) is 31.5 Å². The van der Waals surface area contributed by atoms with Crippen LogP contribution >= 0.6 is 0 Å². The van der Waals surface area contributed by atoms with E-state index in [1.165, 1.54) is 0 Å². The topological polar surface area (TPSA) is 85.2 Å². The molecular weight excluding hydrogens is 356 g/mol. The number of hydrogen-bond acceptors (Lipinski definition) is 4. The number of carbonyl (C=O) groups is 2. The zero-order valence-electron chi connectivity index (χ0n) is 17.5. The minimum absolute atomic E-state index is 0.0596. The van der Waals surface area contributed by atoms with E-state index >= 15 is 0 Å². The van der Waals surface area contributed by atoms with Gasteiger partial charge in [-0.25, -0.2) is 0 Å². The van der Waals surface area contributed by atoms with E-state index in [2.05, 4.69) is 22.7 Å². The van der Waals surface area contributed by atoms with Gasteiger partial charge in [0.15, 0.2) is 0 Å². The lowest BCUT2D eigenvalue weighted by molar-refractivity contribution is -0.129. The number of nitrogens with one attached hydrogen (secondary N) is 2. The summed E-state index contributed by atoms with van der Waals surface area (Å²) in [6.07, 6.45) is 5.23. The van der Waals surface area contributed by atoms with Gasteiger partial charge in [0.1, 0.15) is 5.69 Å². The van der Waals surface area contributed by atoms with Gasteiger partial charge in [-0.1, -0.05) is 6.92 Å². The molecule has 0 aliphatic heterocycles. The van der Waals surface area contributed by atoms with Crippen LogP contribution in [0.3, 0.4) is 0 Å². The highest BCUT2D eigenvalue weighted by atomic mass is 16.5. The Morgan fingerprint density at radius 2 is 2.04 bits per heavy atom.